The number of allylic oxidation sites excluding steroid dienone is 2. The monoisotopic (exact) mass is 626 g/mol. The molecule has 6 aromatic carbocycles. The molecule has 0 atom stereocenters. The first-order valence-corrected chi connectivity index (χ1v) is 16.6. The van der Waals surface area contributed by atoms with Crippen molar-refractivity contribution in [2.75, 3.05) is 0 Å². The average molecular weight is 627 g/mol. The molecule has 0 unspecified atom stereocenters. The molecule has 2 heterocycles. The third-order valence-electron chi connectivity index (χ3n) is 10.0. The smallest absolute Gasteiger partial charge is 0.101 e. The van der Waals surface area contributed by atoms with Crippen LogP contribution in [0.1, 0.15) is 28.8 Å². The van der Waals surface area contributed by atoms with Crippen LogP contribution in [0.2, 0.25) is 0 Å². The number of hydrogen-bond acceptors (Lipinski definition) is 2. The SMILES string of the molecule is Cc1cc(-c2ccccc2-n2c3c(c4cc(C#N)ccc42)CCC=C3C#N)ccc1-c1ccc(-n2c3ccccc3c3ccccc32)cc1. The highest BCUT2D eigenvalue weighted by Crippen LogP contribution is 2.41. The van der Waals surface area contributed by atoms with Gasteiger partial charge >= 0.3 is 0 Å². The van der Waals surface area contributed by atoms with Gasteiger partial charge in [0.25, 0.3) is 0 Å². The molecule has 4 nitrogen and oxygen atoms in total. The molecule has 9 rings (SSSR count). The highest BCUT2D eigenvalue weighted by atomic mass is 15.0. The van der Waals surface area contributed by atoms with Crippen molar-refractivity contribution in [1.29, 1.82) is 10.5 Å². The molecule has 0 fully saturated rings. The lowest BCUT2D eigenvalue weighted by Crippen LogP contribution is -2.05. The summed E-state index contributed by atoms with van der Waals surface area (Å²) >= 11 is 0. The third kappa shape index (κ3) is 4.43. The van der Waals surface area contributed by atoms with E-state index in [1.54, 1.807) is 0 Å². The topological polar surface area (TPSA) is 57.4 Å². The second kappa shape index (κ2) is 11.3. The molecular formula is C45H30N4. The molecule has 1 aliphatic carbocycles. The molecule has 0 amide bonds. The van der Waals surface area contributed by atoms with E-state index in [4.69, 9.17) is 0 Å². The molecular weight excluding hydrogens is 597 g/mol. The van der Waals surface area contributed by atoms with Crippen LogP contribution in [0.5, 0.6) is 0 Å². The lowest BCUT2D eigenvalue weighted by Gasteiger charge is -2.18. The van der Waals surface area contributed by atoms with Crippen molar-refractivity contribution in [3.63, 3.8) is 0 Å². The van der Waals surface area contributed by atoms with Gasteiger partial charge in [-0.3, -0.25) is 0 Å². The standard InChI is InChI=1S/C45H30N4/c1-29-25-32(20-23-35(29)31-18-21-34(22-19-31)48-42-15-6-3-11-37(42)38-12-4-7-16-43(38)48)36-10-2-5-14-41(36)49-44-24-17-30(27-46)26-40(44)39-13-8-9-33(28-47)45(39)49/h2-7,9-12,14-26H,8,13H2,1H3. The maximum Gasteiger partial charge on any atom is 0.101 e. The Kier molecular flexibility index (Phi) is 6.57. The van der Waals surface area contributed by atoms with Gasteiger partial charge in [0.05, 0.1) is 45.1 Å². The predicted molar refractivity (Wildman–Crippen MR) is 200 cm³/mol. The van der Waals surface area contributed by atoms with E-state index in [2.05, 4.69) is 143 Å². The lowest BCUT2D eigenvalue weighted by atomic mass is 9.94. The molecule has 0 radical (unpaired) electrons. The summed E-state index contributed by atoms with van der Waals surface area (Å²) in [5, 5.41) is 23.4. The molecule has 2 aromatic heterocycles. The molecule has 0 saturated heterocycles. The van der Waals surface area contributed by atoms with E-state index >= 15 is 0 Å². The van der Waals surface area contributed by atoms with Crippen LogP contribution in [0.15, 0.2) is 140 Å². The van der Waals surface area contributed by atoms with Crippen LogP contribution in [-0.4, -0.2) is 9.13 Å². The quantitative estimate of drug-likeness (QED) is 0.195. The fourth-order valence-electron chi connectivity index (χ4n) is 7.83. The molecule has 8 aromatic rings. The van der Waals surface area contributed by atoms with Crippen LogP contribution in [0, 0.1) is 29.6 Å². The van der Waals surface area contributed by atoms with Gasteiger partial charge in [0.1, 0.15) is 6.07 Å². The normalized spacial score (nSPS) is 12.5. The first kappa shape index (κ1) is 28.6. The van der Waals surface area contributed by atoms with Crippen molar-refractivity contribution >= 4 is 38.3 Å². The molecule has 49 heavy (non-hydrogen) atoms. The third-order valence-corrected chi connectivity index (χ3v) is 10.0. The highest BCUT2D eigenvalue weighted by Gasteiger charge is 2.25. The summed E-state index contributed by atoms with van der Waals surface area (Å²) in [6, 6.07) is 51.8. The van der Waals surface area contributed by atoms with E-state index in [1.165, 1.54) is 38.5 Å². The van der Waals surface area contributed by atoms with Gasteiger partial charge in [0, 0.05) is 27.4 Å². The molecule has 1 aliphatic rings. The van der Waals surface area contributed by atoms with E-state index in [1.807, 2.05) is 24.3 Å². The minimum absolute atomic E-state index is 0.628. The van der Waals surface area contributed by atoms with Gasteiger partial charge in [-0.05, 0) is 96.1 Å². The molecule has 230 valence electrons. The van der Waals surface area contributed by atoms with Gasteiger partial charge < -0.3 is 9.13 Å². The molecule has 0 saturated carbocycles. The maximum atomic E-state index is 10.2. The van der Waals surface area contributed by atoms with Crippen LogP contribution in [0.25, 0.3) is 71.9 Å². The Hall–Kier alpha value is -6.62. The minimum atomic E-state index is 0.628. The Morgan fingerprint density at radius 2 is 1.24 bits per heavy atom. The van der Waals surface area contributed by atoms with Crippen molar-refractivity contribution in [3.05, 3.63) is 162 Å². The number of benzene rings is 6. The molecule has 0 N–H and O–H groups in total. The fraction of sp³-hybridized carbons (Fsp3) is 0.0667. The van der Waals surface area contributed by atoms with E-state index < -0.39 is 0 Å². The predicted octanol–water partition coefficient (Wildman–Crippen LogP) is 11.1. The zero-order valence-corrected chi connectivity index (χ0v) is 27.0. The van der Waals surface area contributed by atoms with Crippen LogP contribution in [0.4, 0.5) is 0 Å². The van der Waals surface area contributed by atoms with Crippen molar-refractivity contribution in [3.8, 4) is 45.8 Å². The maximum absolute atomic E-state index is 10.2. The van der Waals surface area contributed by atoms with Crippen molar-refractivity contribution < 1.29 is 0 Å². The number of rotatable bonds is 4. The van der Waals surface area contributed by atoms with E-state index in [0.29, 0.717) is 11.1 Å². The van der Waals surface area contributed by atoms with Gasteiger partial charge in [-0.1, -0.05) is 91.0 Å². The Bertz CT molecular complexity index is 2690. The second-order valence-electron chi connectivity index (χ2n) is 12.7. The van der Waals surface area contributed by atoms with Gasteiger partial charge in [-0.2, -0.15) is 10.5 Å². The van der Waals surface area contributed by atoms with Crippen molar-refractivity contribution in [1.82, 2.24) is 9.13 Å². The number of para-hydroxylation sites is 3. The van der Waals surface area contributed by atoms with E-state index in [9.17, 15) is 10.5 Å². The highest BCUT2D eigenvalue weighted by molar-refractivity contribution is 6.09. The van der Waals surface area contributed by atoms with Crippen LogP contribution < -0.4 is 0 Å². The summed E-state index contributed by atoms with van der Waals surface area (Å²) in [6.07, 6.45) is 3.69. The van der Waals surface area contributed by atoms with Crippen LogP contribution in [0.3, 0.4) is 0 Å². The number of aromatic nitrogens is 2. The van der Waals surface area contributed by atoms with E-state index in [0.717, 1.165) is 57.5 Å². The Morgan fingerprint density at radius 3 is 1.96 bits per heavy atom. The molecule has 0 spiro atoms. The minimum Gasteiger partial charge on any atom is -0.309 e. The molecule has 4 heteroatoms. The first-order valence-electron chi connectivity index (χ1n) is 16.6. The number of hydrogen-bond donors (Lipinski definition) is 0. The number of fused-ring (bicyclic) bond motifs is 6. The summed E-state index contributed by atoms with van der Waals surface area (Å²) in [5.74, 6) is 0. The second-order valence-corrected chi connectivity index (χ2v) is 12.7. The van der Waals surface area contributed by atoms with Gasteiger partial charge in [-0.25, -0.2) is 0 Å². The summed E-state index contributed by atoms with van der Waals surface area (Å²) in [4.78, 5) is 0. The molecule has 0 bridgehead atoms. The lowest BCUT2D eigenvalue weighted by molar-refractivity contribution is 0.960. The van der Waals surface area contributed by atoms with Gasteiger partial charge in [-0.15, -0.1) is 0 Å². The zero-order chi connectivity index (χ0) is 33.1. The number of aryl methyl sites for hydroxylation is 2. The summed E-state index contributed by atoms with van der Waals surface area (Å²) in [6.45, 7) is 2.18. The van der Waals surface area contributed by atoms with Gasteiger partial charge in [0.15, 0.2) is 0 Å². The molecule has 0 aliphatic heterocycles. The Balaban J connectivity index is 1.13. The Morgan fingerprint density at radius 1 is 0.571 bits per heavy atom. The van der Waals surface area contributed by atoms with Crippen molar-refractivity contribution in [2.24, 2.45) is 0 Å². The summed E-state index contributed by atoms with van der Waals surface area (Å²) in [5.41, 5.74) is 14.7. The van der Waals surface area contributed by atoms with Crippen LogP contribution in [-0.2, 0) is 6.42 Å². The summed E-state index contributed by atoms with van der Waals surface area (Å²) < 4.78 is 4.57. The fourth-order valence-corrected chi connectivity index (χ4v) is 7.83. The van der Waals surface area contributed by atoms with E-state index in [-0.39, 0.29) is 0 Å². The van der Waals surface area contributed by atoms with Crippen molar-refractivity contribution in [2.45, 2.75) is 19.8 Å². The first-order chi connectivity index (χ1) is 24.1. The zero-order valence-electron chi connectivity index (χ0n) is 27.0. The van der Waals surface area contributed by atoms with Crippen LogP contribution >= 0.6 is 0 Å². The average Bonchev–Trinajstić information content (AvgIpc) is 3.67. The Labute approximate surface area is 284 Å². The number of nitrogens with zero attached hydrogens (tertiary/aromatic N) is 4. The largest absolute Gasteiger partial charge is 0.309 e. The summed E-state index contributed by atoms with van der Waals surface area (Å²) in [7, 11) is 0. The van der Waals surface area contributed by atoms with Gasteiger partial charge in [0.2, 0.25) is 0 Å². The number of nitriles is 2.